The molecular weight excluding hydrogens is 412 g/mol. The van der Waals surface area contributed by atoms with E-state index in [2.05, 4.69) is 0 Å². The van der Waals surface area contributed by atoms with Crippen LogP contribution < -0.4 is 14.9 Å². The van der Waals surface area contributed by atoms with Gasteiger partial charge in [-0.2, -0.15) is 0 Å². The fourth-order valence-corrected chi connectivity index (χ4v) is 4.07. The van der Waals surface area contributed by atoms with E-state index in [-0.39, 0.29) is 23.1 Å². The quantitative estimate of drug-likeness (QED) is 0.283. The van der Waals surface area contributed by atoms with Crippen LogP contribution in [-0.4, -0.2) is 23.3 Å². The molecular formula is C25H18O7. The summed E-state index contributed by atoms with van der Waals surface area (Å²) in [7, 11) is 1.55. The molecule has 0 amide bonds. The summed E-state index contributed by atoms with van der Waals surface area (Å²) < 4.78 is 16.6. The molecule has 1 atom stereocenters. The lowest BCUT2D eigenvalue weighted by atomic mass is 9.84. The molecule has 0 bridgehead atoms. The largest absolute Gasteiger partial charge is 0.504 e. The van der Waals surface area contributed by atoms with Crippen molar-refractivity contribution in [2.45, 2.75) is 12.3 Å². The Kier molecular flexibility index (Phi) is 4.59. The van der Waals surface area contributed by atoms with Gasteiger partial charge in [0.1, 0.15) is 22.5 Å². The van der Waals surface area contributed by atoms with E-state index in [0.29, 0.717) is 22.6 Å². The number of ether oxygens (including phenoxy) is 2. The molecule has 0 radical (unpaired) electrons. The van der Waals surface area contributed by atoms with Crippen molar-refractivity contribution < 1.29 is 28.9 Å². The molecule has 1 aliphatic rings. The van der Waals surface area contributed by atoms with Crippen LogP contribution in [0.25, 0.3) is 22.3 Å². The van der Waals surface area contributed by atoms with Gasteiger partial charge >= 0.3 is 5.97 Å². The predicted molar refractivity (Wildman–Crippen MR) is 116 cm³/mol. The van der Waals surface area contributed by atoms with Crippen molar-refractivity contribution in [2.75, 3.05) is 7.11 Å². The number of esters is 1. The number of aromatic hydroxyl groups is 2. The van der Waals surface area contributed by atoms with Crippen molar-refractivity contribution in [2.24, 2.45) is 0 Å². The van der Waals surface area contributed by atoms with E-state index in [1.165, 1.54) is 6.07 Å². The van der Waals surface area contributed by atoms with Gasteiger partial charge in [-0.1, -0.05) is 42.5 Å². The monoisotopic (exact) mass is 430 g/mol. The first-order chi connectivity index (χ1) is 15.5. The maximum Gasteiger partial charge on any atom is 0.312 e. The van der Waals surface area contributed by atoms with Gasteiger partial charge in [-0.05, 0) is 17.7 Å². The Balaban J connectivity index is 1.84. The molecule has 0 spiro atoms. The maximum atomic E-state index is 13.0. The van der Waals surface area contributed by atoms with E-state index in [4.69, 9.17) is 13.9 Å². The molecule has 3 aromatic carbocycles. The lowest BCUT2D eigenvalue weighted by Gasteiger charge is -2.26. The van der Waals surface area contributed by atoms with Crippen LogP contribution in [0.3, 0.4) is 0 Å². The van der Waals surface area contributed by atoms with Crippen molar-refractivity contribution in [3.05, 3.63) is 82.0 Å². The number of methoxy groups -OCH3 is 1. The molecule has 0 unspecified atom stereocenters. The molecule has 0 saturated carbocycles. The molecule has 32 heavy (non-hydrogen) atoms. The third-order valence-electron chi connectivity index (χ3n) is 5.62. The van der Waals surface area contributed by atoms with Crippen LogP contribution in [0.2, 0.25) is 0 Å². The van der Waals surface area contributed by atoms with Gasteiger partial charge in [0.05, 0.1) is 19.1 Å². The number of hydrogen-bond acceptors (Lipinski definition) is 7. The fourth-order valence-electron chi connectivity index (χ4n) is 4.07. The number of phenols is 2. The van der Waals surface area contributed by atoms with E-state index in [9.17, 15) is 19.8 Å². The number of benzene rings is 3. The van der Waals surface area contributed by atoms with Crippen molar-refractivity contribution in [3.8, 4) is 34.3 Å². The highest BCUT2D eigenvalue weighted by molar-refractivity contribution is 5.96. The second kappa shape index (κ2) is 7.46. The van der Waals surface area contributed by atoms with Crippen molar-refractivity contribution in [1.29, 1.82) is 0 Å². The molecule has 0 aliphatic carbocycles. The summed E-state index contributed by atoms with van der Waals surface area (Å²) in [5.41, 5.74) is 1.28. The summed E-state index contributed by atoms with van der Waals surface area (Å²) in [4.78, 5) is 25.3. The number of hydrogen-bond donors (Lipinski definition) is 2. The topological polar surface area (TPSA) is 106 Å². The summed E-state index contributed by atoms with van der Waals surface area (Å²) in [6.07, 6.45) is -0.0298. The Hall–Kier alpha value is -4.26. The van der Waals surface area contributed by atoms with E-state index >= 15 is 0 Å². The minimum Gasteiger partial charge on any atom is -0.504 e. The molecule has 160 valence electrons. The average Bonchev–Trinajstić information content (AvgIpc) is 2.82. The Morgan fingerprint density at radius 2 is 1.69 bits per heavy atom. The maximum absolute atomic E-state index is 13.0. The van der Waals surface area contributed by atoms with Crippen molar-refractivity contribution in [3.63, 3.8) is 0 Å². The first-order valence-electron chi connectivity index (χ1n) is 9.93. The summed E-state index contributed by atoms with van der Waals surface area (Å²) >= 11 is 0. The first-order valence-corrected chi connectivity index (χ1v) is 9.93. The number of phenolic OH excluding ortho intramolecular Hbond substituents is 2. The zero-order valence-electron chi connectivity index (χ0n) is 17.0. The molecule has 0 fully saturated rings. The minimum absolute atomic E-state index is 0.0298. The van der Waals surface area contributed by atoms with Gasteiger partial charge in [0.15, 0.2) is 16.9 Å². The SMILES string of the molecule is COc1ccc([C@@H]2CC(=O)Oc3c(O)c(O)c4c(=O)cc(-c5ccccc5)oc4c32)cc1. The van der Waals surface area contributed by atoms with Crippen LogP contribution in [0, 0.1) is 0 Å². The molecule has 7 heteroatoms. The number of carbonyl (C=O) groups excluding carboxylic acids is 1. The predicted octanol–water partition coefficient (Wildman–Crippen LogP) is 4.32. The lowest BCUT2D eigenvalue weighted by molar-refractivity contribution is -0.135. The molecule has 2 N–H and O–H groups in total. The molecule has 2 heterocycles. The average molecular weight is 430 g/mol. The zero-order chi connectivity index (χ0) is 22.4. The van der Waals surface area contributed by atoms with Crippen LogP contribution in [0.15, 0.2) is 69.9 Å². The highest BCUT2D eigenvalue weighted by Crippen LogP contribution is 2.52. The van der Waals surface area contributed by atoms with Crippen LogP contribution in [0.5, 0.6) is 23.0 Å². The second-order valence-electron chi connectivity index (χ2n) is 7.49. The van der Waals surface area contributed by atoms with E-state index < -0.39 is 28.8 Å². The molecule has 5 rings (SSSR count). The van der Waals surface area contributed by atoms with E-state index in [1.54, 1.807) is 43.5 Å². The molecule has 4 aromatic rings. The molecule has 7 nitrogen and oxygen atoms in total. The molecule has 1 aliphatic heterocycles. The zero-order valence-corrected chi connectivity index (χ0v) is 17.0. The fraction of sp³-hybridized carbons (Fsp3) is 0.120. The number of carbonyl (C=O) groups is 1. The third-order valence-corrected chi connectivity index (χ3v) is 5.62. The smallest absolute Gasteiger partial charge is 0.312 e. The van der Waals surface area contributed by atoms with Crippen LogP contribution in [0.1, 0.15) is 23.5 Å². The van der Waals surface area contributed by atoms with Gasteiger partial charge < -0.3 is 24.1 Å². The Morgan fingerprint density at radius 1 is 0.969 bits per heavy atom. The summed E-state index contributed by atoms with van der Waals surface area (Å²) in [6.45, 7) is 0. The van der Waals surface area contributed by atoms with Crippen molar-refractivity contribution in [1.82, 2.24) is 0 Å². The second-order valence-corrected chi connectivity index (χ2v) is 7.49. The minimum atomic E-state index is -0.685. The van der Waals surface area contributed by atoms with Crippen LogP contribution in [-0.2, 0) is 4.79 Å². The summed E-state index contributed by atoms with van der Waals surface area (Å²) in [5.74, 6) is -1.77. The van der Waals surface area contributed by atoms with Crippen LogP contribution >= 0.6 is 0 Å². The standard InChI is InChI=1S/C25H18O7/c1-30-15-9-7-13(8-10-15)16-11-19(27)32-25-20(16)24-21(22(28)23(25)29)17(26)12-18(31-24)14-5-3-2-4-6-14/h2-10,12,16,28-29H,11H2,1H3/t16-/m0/s1. The third kappa shape index (κ3) is 3.06. The highest BCUT2D eigenvalue weighted by Gasteiger charge is 2.36. The lowest BCUT2D eigenvalue weighted by Crippen LogP contribution is -2.22. The first kappa shape index (κ1) is 19.7. The summed E-state index contributed by atoms with van der Waals surface area (Å²) in [6, 6.07) is 17.4. The normalized spacial score (nSPS) is 15.3. The highest BCUT2D eigenvalue weighted by atomic mass is 16.5. The number of rotatable bonds is 3. The van der Waals surface area contributed by atoms with Gasteiger partial charge in [0.2, 0.25) is 5.75 Å². The Bertz CT molecular complexity index is 1400. The van der Waals surface area contributed by atoms with E-state index in [1.807, 2.05) is 18.2 Å². The summed E-state index contributed by atoms with van der Waals surface area (Å²) in [5, 5.41) is 21.0. The molecule has 0 saturated heterocycles. The van der Waals surface area contributed by atoms with E-state index in [0.717, 1.165) is 5.56 Å². The van der Waals surface area contributed by atoms with Gasteiger partial charge in [-0.15, -0.1) is 0 Å². The van der Waals surface area contributed by atoms with Crippen LogP contribution in [0.4, 0.5) is 0 Å². The molecule has 1 aromatic heterocycles. The van der Waals surface area contributed by atoms with Gasteiger partial charge in [-0.3, -0.25) is 9.59 Å². The van der Waals surface area contributed by atoms with Crippen molar-refractivity contribution >= 4 is 16.9 Å². The van der Waals surface area contributed by atoms with Gasteiger partial charge in [0, 0.05) is 17.5 Å². The van der Waals surface area contributed by atoms with Gasteiger partial charge in [-0.25, -0.2) is 0 Å². The Morgan fingerprint density at radius 3 is 2.38 bits per heavy atom. The Labute approximate surface area is 182 Å². The van der Waals surface area contributed by atoms with Gasteiger partial charge in [0.25, 0.3) is 0 Å². The number of fused-ring (bicyclic) bond motifs is 3.